The fourth-order valence-corrected chi connectivity index (χ4v) is 2.43. The van der Waals surface area contributed by atoms with Crippen molar-refractivity contribution >= 4 is 0 Å². The molecule has 1 aliphatic rings. The fraction of sp³-hybridized carbons (Fsp3) is 0.462. The van der Waals surface area contributed by atoms with E-state index in [1.54, 1.807) is 6.07 Å². The Balaban J connectivity index is 2.44. The largest absolute Gasteiger partial charge is 0.293 e. The molecule has 1 unspecified atom stereocenters. The minimum Gasteiger partial charge on any atom is -0.293 e. The highest BCUT2D eigenvalue weighted by atomic mass is 19.1. The quantitative estimate of drug-likeness (QED) is 0.827. The van der Waals surface area contributed by atoms with E-state index in [2.05, 4.69) is 11.4 Å². The highest BCUT2D eigenvalue weighted by molar-refractivity contribution is 5.43. The summed E-state index contributed by atoms with van der Waals surface area (Å²) in [5.74, 6) is -0.225. The van der Waals surface area contributed by atoms with Gasteiger partial charge < -0.3 is 0 Å². The zero-order valence-electron chi connectivity index (χ0n) is 9.55. The van der Waals surface area contributed by atoms with Crippen LogP contribution in [0, 0.1) is 17.1 Å². The lowest BCUT2D eigenvalue weighted by Crippen LogP contribution is -2.43. The molecule has 1 aromatic rings. The van der Waals surface area contributed by atoms with Crippen molar-refractivity contribution in [2.24, 2.45) is 0 Å². The minimum atomic E-state index is -0.628. The van der Waals surface area contributed by atoms with Gasteiger partial charge in [-0.1, -0.05) is 6.07 Å². The standard InChI is InChI=1S/C13H15FN2/c1-9(2)16-13(8-15)6-5-10-7-11(14)3-4-12(10)13/h3-4,7,9,16H,5-6H2,1-2H3. The molecule has 0 aromatic heterocycles. The second kappa shape index (κ2) is 3.88. The Bertz CT molecular complexity index is 448. The molecule has 0 bridgehead atoms. The van der Waals surface area contributed by atoms with Gasteiger partial charge in [0, 0.05) is 6.04 Å². The van der Waals surface area contributed by atoms with E-state index in [0.717, 1.165) is 24.0 Å². The van der Waals surface area contributed by atoms with Gasteiger partial charge in [-0.2, -0.15) is 5.26 Å². The van der Waals surface area contributed by atoms with E-state index >= 15 is 0 Å². The van der Waals surface area contributed by atoms with Crippen LogP contribution in [0.4, 0.5) is 4.39 Å². The molecular formula is C13H15FN2. The molecule has 3 heteroatoms. The van der Waals surface area contributed by atoms with Crippen LogP contribution in [0.3, 0.4) is 0 Å². The number of halogens is 1. The Morgan fingerprint density at radius 3 is 2.88 bits per heavy atom. The summed E-state index contributed by atoms with van der Waals surface area (Å²) >= 11 is 0. The zero-order valence-corrected chi connectivity index (χ0v) is 9.55. The molecule has 0 saturated carbocycles. The Labute approximate surface area is 95.1 Å². The van der Waals surface area contributed by atoms with Crippen molar-refractivity contribution in [1.29, 1.82) is 5.26 Å². The van der Waals surface area contributed by atoms with Crippen LogP contribution in [-0.2, 0) is 12.0 Å². The number of aryl methyl sites for hydroxylation is 1. The van der Waals surface area contributed by atoms with Crippen LogP contribution >= 0.6 is 0 Å². The Morgan fingerprint density at radius 2 is 2.25 bits per heavy atom. The molecular weight excluding hydrogens is 203 g/mol. The van der Waals surface area contributed by atoms with Crippen molar-refractivity contribution in [3.05, 3.63) is 35.1 Å². The summed E-state index contributed by atoms with van der Waals surface area (Å²) in [4.78, 5) is 0. The monoisotopic (exact) mass is 218 g/mol. The average molecular weight is 218 g/mol. The number of nitrogens with zero attached hydrogens (tertiary/aromatic N) is 1. The number of nitrogens with one attached hydrogen (secondary N) is 1. The minimum absolute atomic E-state index is 0.225. The van der Waals surface area contributed by atoms with Crippen molar-refractivity contribution in [2.75, 3.05) is 0 Å². The summed E-state index contributed by atoms with van der Waals surface area (Å²) in [6.45, 7) is 4.03. The number of benzene rings is 1. The molecule has 2 nitrogen and oxygen atoms in total. The van der Waals surface area contributed by atoms with Crippen LogP contribution in [-0.4, -0.2) is 6.04 Å². The average Bonchev–Trinajstić information content (AvgIpc) is 2.56. The zero-order chi connectivity index (χ0) is 11.8. The second-order valence-electron chi connectivity index (χ2n) is 4.62. The highest BCUT2D eigenvalue weighted by Crippen LogP contribution is 2.37. The van der Waals surface area contributed by atoms with Crippen LogP contribution in [0.15, 0.2) is 18.2 Å². The van der Waals surface area contributed by atoms with Crippen molar-refractivity contribution < 1.29 is 4.39 Å². The third-order valence-corrected chi connectivity index (χ3v) is 3.02. The van der Waals surface area contributed by atoms with Crippen LogP contribution in [0.5, 0.6) is 0 Å². The van der Waals surface area contributed by atoms with Crippen molar-refractivity contribution in [2.45, 2.75) is 38.3 Å². The molecule has 1 aromatic carbocycles. The summed E-state index contributed by atoms with van der Waals surface area (Å²) in [6.07, 6.45) is 1.49. The number of hydrogen-bond donors (Lipinski definition) is 1. The van der Waals surface area contributed by atoms with Gasteiger partial charge >= 0.3 is 0 Å². The molecule has 84 valence electrons. The van der Waals surface area contributed by atoms with Gasteiger partial charge in [0.25, 0.3) is 0 Å². The van der Waals surface area contributed by atoms with E-state index in [1.807, 2.05) is 13.8 Å². The van der Waals surface area contributed by atoms with Gasteiger partial charge in [-0.25, -0.2) is 4.39 Å². The first-order valence-corrected chi connectivity index (χ1v) is 5.55. The first-order valence-electron chi connectivity index (χ1n) is 5.55. The number of nitriles is 1. The molecule has 0 spiro atoms. The van der Waals surface area contributed by atoms with E-state index in [-0.39, 0.29) is 11.9 Å². The normalized spacial score (nSPS) is 23.2. The summed E-state index contributed by atoms with van der Waals surface area (Å²) < 4.78 is 13.1. The van der Waals surface area contributed by atoms with Crippen molar-refractivity contribution in [1.82, 2.24) is 5.32 Å². The van der Waals surface area contributed by atoms with Crippen LogP contribution in [0.2, 0.25) is 0 Å². The van der Waals surface area contributed by atoms with Crippen molar-refractivity contribution in [3.8, 4) is 6.07 Å². The van der Waals surface area contributed by atoms with Crippen LogP contribution in [0.25, 0.3) is 0 Å². The maximum absolute atomic E-state index is 13.1. The lowest BCUT2D eigenvalue weighted by molar-refractivity contribution is 0.385. The topological polar surface area (TPSA) is 35.8 Å². The molecule has 0 saturated heterocycles. The molecule has 2 rings (SSSR count). The second-order valence-corrected chi connectivity index (χ2v) is 4.62. The van der Waals surface area contributed by atoms with E-state index in [4.69, 9.17) is 0 Å². The molecule has 1 N–H and O–H groups in total. The van der Waals surface area contributed by atoms with Gasteiger partial charge in [-0.05, 0) is 49.9 Å². The Morgan fingerprint density at radius 1 is 1.50 bits per heavy atom. The SMILES string of the molecule is CC(C)NC1(C#N)CCc2cc(F)ccc21. The van der Waals surface area contributed by atoms with E-state index in [1.165, 1.54) is 12.1 Å². The predicted octanol–water partition coefficient (Wildman–Crippen LogP) is 2.49. The number of fused-ring (bicyclic) bond motifs is 1. The van der Waals surface area contributed by atoms with Gasteiger partial charge in [-0.3, -0.25) is 5.32 Å². The lowest BCUT2D eigenvalue weighted by atomic mass is 9.92. The number of hydrogen-bond acceptors (Lipinski definition) is 2. The first kappa shape index (κ1) is 11.1. The van der Waals surface area contributed by atoms with Gasteiger partial charge in [0.05, 0.1) is 6.07 Å². The molecule has 16 heavy (non-hydrogen) atoms. The highest BCUT2D eigenvalue weighted by Gasteiger charge is 2.39. The van der Waals surface area contributed by atoms with E-state index in [0.29, 0.717) is 0 Å². The fourth-order valence-electron chi connectivity index (χ4n) is 2.43. The smallest absolute Gasteiger partial charge is 0.133 e. The maximum atomic E-state index is 13.1. The third kappa shape index (κ3) is 1.70. The Kier molecular flexibility index (Phi) is 2.69. The molecule has 1 atom stereocenters. The van der Waals surface area contributed by atoms with Gasteiger partial charge in [0.1, 0.15) is 11.4 Å². The summed E-state index contributed by atoms with van der Waals surface area (Å²) in [5, 5.41) is 12.7. The summed E-state index contributed by atoms with van der Waals surface area (Å²) in [7, 11) is 0. The van der Waals surface area contributed by atoms with Crippen molar-refractivity contribution in [3.63, 3.8) is 0 Å². The van der Waals surface area contributed by atoms with Crippen LogP contribution < -0.4 is 5.32 Å². The molecule has 0 fully saturated rings. The van der Waals surface area contributed by atoms with Gasteiger partial charge in [-0.15, -0.1) is 0 Å². The van der Waals surface area contributed by atoms with Gasteiger partial charge in [0.15, 0.2) is 0 Å². The lowest BCUT2D eigenvalue weighted by Gasteiger charge is -2.26. The van der Waals surface area contributed by atoms with Crippen LogP contribution in [0.1, 0.15) is 31.4 Å². The Hall–Kier alpha value is -1.40. The summed E-state index contributed by atoms with van der Waals surface area (Å²) in [5.41, 5.74) is 1.26. The molecule has 1 aliphatic carbocycles. The number of rotatable bonds is 2. The van der Waals surface area contributed by atoms with E-state index in [9.17, 15) is 9.65 Å². The molecule has 0 amide bonds. The predicted molar refractivity (Wildman–Crippen MR) is 60.3 cm³/mol. The van der Waals surface area contributed by atoms with E-state index < -0.39 is 5.54 Å². The van der Waals surface area contributed by atoms with Gasteiger partial charge in [0.2, 0.25) is 0 Å². The first-order chi connectivity index (χ1) is 7.57. The summed E-state index contributed by atoms with van der Waals surface area (Å²) in [6, 6.07) is 7.28. The molecule has 0 radical (unpaired) electrons. The maximum Gasteiger partial charge on any atom is 0.133 e. The molecule has 0 heterocycles. The molecule has 0 aliphatic heterocycles. The third-order valence-electron chi connectivity index (χ3n) is 3.02.